The maximum atomic E-state index is 14.0. The van der Waals surface area contributed by atoms with E-state index in [1.165, 1.54) is 10.8 Å². The van der Waals surface area contributed by atoms with Crippen LogP contribution in [0, 0.1) is 12.3 Å². The summed E-state index contributed by atoms with van der Waals surface area (Å²) in [4.78, 5) is 9.97. The largest absolute Gasteiger partial charge is 0.350 e. The zero-order valence-electron chi connectivity index (χ0n) is 10.5. The SMILES string of the molecule is Cc1cc(N2CC(F)(F)C3(CC3)C2)n2ncnc2n1. The van der Waals surface area contributed by atoms with Gasteiger partial charge in [0.1, 0.15) is 12.1 Å². The van der Waals surface area contributed by atoms with Crippen molar-refractivity contribution in [1.29, 1.82) is 0 Å². The maximum absolute atomic E-state index is 14.0. The third kappa shape index (κ3) is 1.41. The highest BCUT2D eigenvalue weighted by atomic mass is 19.3. The molecule has 1 aliphatic heterocycles. The Bertz CT molecular complexity index is 655. The predicted molar refractivity (Wildman–Crippen MR) is 64.3 cm³/mol. The van der Waals surface area contributed by atoms with Crippen LogP contribution >= 0.6 is 0 Å². The van der Waals surface area contributed by atoms with E-state index >= 15 is 0 Å². The number of hydrogen-bond acceptors (Lipinski definition) is 4. The Hall–Kier alpha value is -1.79. The second-order valence-electron chi connectivity index (χ2n) is 5.57. The third-order valence-electron chi connectivity index (χ3n) is 4.20. The normalized spacial score (nSPS) is 23.4. The summed E-state index contributed by atoms with van der Waals surface area (Å²) < 4.78 is 29.6. The van der Waals surface area contributed by atoms with Crippen LogP contribution in [0.1, 0.15) is 18.5 Å². The van der Waals surface area contributed by atoms with Crippen LogP contribution in [-0.4, -0.2) is 38.6 Å². The van der Waals surface area contributed by atoms with Gasteiger partial charge in [-0.05, 0) is 19.8 Å². The summed E-state index contributed by atoms with van der Waals surface area (Å²) in [6.07, 6.45) is 2.62. The number of fused-ring (bicyclic) bond motifs is 1. The lowest BCUT2D eigenvalue weighted by molar-refractivity contribution is -0.0334. The molecule has 2 aromatic heterocycles. The van der Waals surface area contributed by atoms with Crippen molar-refractivity contribution in [3.8, 4) is 0 Å². The lowest BCUT2D eigenvalue weighted by atomic mass is 10.0. The molecule has 2 aromatic rings. The monoisotopic (exact) mass is 265 g/mol. The molecule has 0 atom stereocenters. The van der Waals surface area contributed by atoms with Gasteiger partial charge < -0.3 is 4.90 Å². The van der Waals surface area contributed by atoms with Gasteiger partial charge in [0.05, 0.1) is 12.0 Å². The molecule has 4 rings (SSSR count). The van der Waals surface area contributed by atoms with Gasteiger partial charge in [0.2, 0.25) is 0 Å². The zero-order valence-corrected chi connectivity index (χ0v) is 10.5. The minimum Gasteiger partial charge on any atom is -0.350 e. The van der Waals surface area contributed by atoms with Gasteiger partial charge in [0.25, 0.3) is 11.7 Å². The first-order chi connectivity index (χ1) is 9.01. The molecule has 3 heterocycles. The fourth-order valence-electron chi connectivity index (χ4n) is 2.92. The Balaban J connectivity index is 1.81. The van der Waals surface area contributed by atoms with E-state index in [2.05, 4.69) is 15.1 Å². The first-order valence-electron chi connectivity index (χ1n) is 6.31. The van der Waals surface area contributed by atoms with Crippen molar-refractivity contribution in [3.63, 3.8) is 0 Å². The molecule has 0 aromatic carbocycles. The molecule has 0 bridgehead atoms. The van der Waals surface area contributed by atoms with Gasteiger partial charge in [-0.3, -0.25) is 0 Å². The first-order valence-corrected chi connectivity index (χ1v) is 6.31. The molecule has 0 amide bonds. The van der Waals surface area contributed by atoms with Gasteiger partial charge >= 0.3 is 0 Å². The molecular weight excluding hydrogens is 252 g/mol. The number of rotatable bonds is 1. The molecule has 19 heavy (non-hydrogen) atoms. The summed E-state index contributed by atoms with van der Waals surface area (Å²) >= 11 is 0. The molecule has 0 N–H and O–H groups in total. The van der Waals surface area contributed by atoms with Crippen LogP contribution < -0.4 is 4.90 Å². The summed E-state index contributed by atoms with van der Waals surface area (Å²) in [6.45, 7) is 1.98. The smallest absolute Gasteiger partial charge is 0.272 e. The summed E-state index contributed by atoms with van der Waals surface area (Å²) in [5, 5.41) is 4.08. The standard InChI is InChI=1S/C12H13F2N5/c1-8-4-9(19-10(17-8)15-7-16-19)18-5-11(2-3-11)12(13,14)6-18/h4,7H,2-3,5-6H2,1H3. The molecule has 0 unspecified atom stereocenters. The average Bonchev–Trinajstić information content (AvgIpc) is 2.89. The van der Waals surface area contributed by atoms with E-state index in [0.717, 1.165) is 5.69 Å². The lowest BCUT2D eigenvalue weighted by Gasteiger charge is -2.18. The molecular formula is C12H13F2N5. The number of anilines is 1. The Morgan fingerprint density at radius 2 is 2.05 bits per heavy atom. The fourth-order valence-corrected chi connectivity index (χ4v) is 2.92. The highest BCUT2D eigenvalue weighted by Gasteiger charge is 2.67. The van der Waals surface area contributed by atoms with Gasteiger partial charge in [-0.1, -0.05) is 0 Å². The Kier molecular flexibility index (Phi) is 1.87. The number of aromatic nitrogens is 4. The van der Waals surface area contributed by atoms with Crippen LogP contribution in [0.2, 0.25) is 0 Å². The fraction of sp³-hybridized carbons (Fsp3) is 0.583. The Morgan fingerprint density at radius 3 is 2.74 bits per heavy atom. The van der Waals surface area contributed by atoms with Crippen molar-refractivity contribution >= 4 is 11.6 Å². The van der Waals surface area contributed by atoms with Crippen molar-refractivity contribution in [3.05, 3.63) is 18.1 Å². The van der Waals surface area contributed by atoms with Crippen LogP contribution in [0.25, 0.3) is 5.78 Å². The van der Waals surface area contributed by atoms with E-state index in [-0.39, 0.29) is 6.54 Å². The van der Waals surface area contributed by atoms with E-state index in [1.54, 1.807) is 11.0 Å². The van der Waals surface area contributed by atoms with Crippen LogP contribution in [-0.2, 0) is 0 Å². The van der Waals surface area contributed by atoms with Gasteiger partial charge in [-0.2, -0.15) is 14.6 Å². The van der Waals surface area contributed by atoms with E-state index < -0.39 is 11.3 Å². The molecule has 1 saturated heterocycles. The average molecular weight is 265 g/mol. The van der Waals surface area contributed by atoms with Gasteiger partial charge in [0, 0.05) is 18.3 Å². The first kappa shape index (κ1) is 11.1. The van der Waals surface area contributed by atoms with Gasteiger partial charge in [-0.15, -0.1) is 0 Å². The predicted octanol–water partition coefficient (Wildman–Crippen LogP) is 1.67. The van der Waals surface area contributed by atoms with Crippen LogP contribution in [0.5, 0.6) is 0 Å². The van der Waals surface area contributed by atoms with E-state index in [1.807, 2.05) is 6.92 Å². The molecule has 2 fully saturated rings. The second-order valence-corrected chi connectivity index (χ2v) is 5.57. The summed E-state index contributed by atoms with van der Waals surface area (Å²) in [7, 11) is 0. The van der Waals surface area contributed by atoms with Crippen LogP contribution in [0.3, 0.4) is 0 Å². The summed E-state index contributed by atoms with van der Waals surface area (Å²) in [6, 6.07) is 1.79. The van der Waals surface area contributed by atoms with E-state index in [9.17, 15) is 8.78 Å². The molecule has 100 valence electrons. The summed E-state index contributed by atoms with van der Waals surface area (Å²) in [5.74, 6) is -1.50. The highest BCUT2D eigenvalue weighted by molar-refractivity contribution is 5.50. The number of nitrogens with zero attached hydrogens (tertiary/aromatic N) is 5. The van der Waals surface area contributed by atoms with E-state index in [4.69, 9.17) is 0 Å². The molecule has 0 radical (unpaired) electrons. The maximum Gasteiger partial charge on any atom is 0.272 e. The third-order valence-corrected chi connectivity index (χ3v) is 4.20. The number of hydrogen-bond donors (Lipinski definition) is 0. The Labute approximate surface area is 108 Å². The molecule has 2 aliphatic rings. The van der Waals surface area contributed by atoms with Crippen molar-refractivity contribution in [2.75, 3.05) is 18.0 Å². The van der Waals surface area contributed by atoms with E-state index in [0.29, 0.717) is 31.0 Å². The van der Waals surface area contributed by atoms with Crippen molar-refractivity contribution < 1.29 is 8.78 Å². The minimum atomic E-state index is -2.61. The highest BCUT2D eigenvalue weighted by Crippen LogP contribution is 2.61. The van der Waals surface area contributed by atoms with Gasteiger partial charge in [-0.25, -0.2) is 13.8 Å². The minimum absolute atomic E-state index is 0.245. The quantitative estimate of drug-likeness (QED) is 0.787. The van der Waals surface area contributed by atoms with Crippen LogP contribution in [0.15, 0.2) is 12.4 Å². The topological polar surface area (TPSA) is 46.3 Å². The number of aryl methyl sites for hydroxylation is 1. The number of halogens is 2. The van der Waals surface area contributed by atoms with Crippen molar-refractivity contribution in [2.24, 2.45) is 5.41 Å². The lowest BCUT2D eigenvalue weighted by Crippen LogP contribution is -2.29. The van der Waals surface area contributed by atoms with Crippen molar-refractivity contribution in [1.82, 2.24) is 19.6 Å². The molecule has 5 nitrogen and oxygen atoms in total. The zero-order chi connectivity index (χ0) is 13.3. The molecule has 7 heteroatoms. The molecule has 1 spiro atoms. The Morgan fingerprint density at radius 1 is 1.26 bits per heavy atom. The van der Waals surface area contributed by atoms with Gasteiger partial charge in [0.15, 0.2) is 0 Å². The second kappa shape index (κ2) is 3.20. The van der Waals surface area contributed by atoms with Crippen LogP contribution in [0.4, 0.5) is 14.6 Å². The number of alkyl halides is 2. The molecule has 1 saturated carbocycles. The molecule has 1 aliphatic carbocycles. The van der Waals surface area contributed by atoms with Crippen molar-refractivity contribution in [2.45, 2.75) is 25.7 Å². The summed E-state index contributed by atoms with van der Waals surface area (Å²) in [5.41, 5.74) is -0.0487.